The van der Waals surface area contributed by atoms with Crippen molar-refractivity contribution in [2.45, 2.75) is 0 Å². The van der Waals surface area contributed by atoms with Crippen LogP contribution in [-0.2, 0) is 0 Å². The molecule has 144 valence electrons. The first-order valence-electron chi connectivity index (χ1n) is 10.3. The number of hydrogen-bond donors (Lipinski definition) is 0. The first kappa shape index (κ1) is 18.2. The molecule has 0 amide bonds. The molecule has 0 unspecified atom stereocenters. The maximum Gasteiger partial charge on any atom is 0.0408 e. The number of hydrogen-bond acceptors (Lipinski definition) is 1. The molecule has 0 spiro atoms. The van der Waals surface area contributed by atoms with Crippen molar-refractivity contribution in [2.24, 2.45) is 0 Å². The first-order chi connectivity index (χ1) is 14.8. The monoisotopic (exact) mass is 385 g/mol. The molecule has 0 bridgehead atoms. The number of nitrogens with zero attached hydrogens (tertiary/aromatic N) is 1. The van der Waals surface area contributed by atoms with E-state index in [1.807, 2.05) is 6.07 Å². The summed E-state index contributed by atoms with van der Waals surface area (Å²) >= 11 is 0. The second-order valence-electron chi connectivity index (χ2n) is 7.58. The lowest BCUT2D eigenvalue weighted by molar-refractivity contribution is 1.21. The van der Waals surface area contributed by atoms with Crippen molar-refractivity contribution in [3.05, 3.63) is 121 Å². The molecular weight excluding hydrogens is 362 g/mol. The number of fused-ring (bicyclic) bond motifs is 1. The Morgan fingerprint density at radius 2 is 0.867 bits per heavy atom. The number of anilines is 2. The molecule has 0 saturated carbocycles. The number of benzene rings is 5. The van der Waals surface area contributed by atoms with Crippen LogP contribution in [0.4, 0.5) is 11.4 Å². The fourth-order valence-corrected chi connectivity index (χ4v) is 3.90. The molecule has 5 aromatic rings. The highest BCUT2D eigenvalue weighted by Crippen LogP contribution is 2.30. The average molecular weight is 386 g/mol. The molecule has 0 aromatic heterocycles. The Kier molecular flexibility index (Phi) is 4.78. The molecule has 0 N–H and O–H groups in total. The summed E-state index contributed by atoms with van der Waals surface area (Å²) in [5.41, 5.74) is 7.30. The van der Waals surface area contributed by atoms with E-state index in [9.17, 15) is 0 Å². The summed E-state index contributed by atoms with van der Waals surface area (Å²) in [5.74, 6) is 0. The Balaban J connectivity index is 1.38. The van der Waals surface area contributed by atoms with Crippen molar-refractivity contribution in [3.63, 3.8) is 0 Å². The quantitative estimate of drug-likeness (QED) is 0.303. The van der Waals surface area contributed by atoms with Gasteiger partial charge in [-0.15, -0.1) is 0 Å². The lowest BCUT2D eigenvalue weighted by Gasteiger charge is -2.20. The van der Waals surface area contributed by atoms with E-state index < -0.39 is 0 Å². The van der Waals surface area contributed by atoms with Crippen molar-refractivity contribution in [1.29, 1.82) is 0 Å². The summed E-state index contributed by atoms with van der Waals surface area (Å²) < 4.78 is 0. The van der Waals surface area contributed by atoms with Crippen LogP contribution in [0, 0.1) is 0 Å². The Morgan fingerprint density at radius 3 is 1.50 bits per heavy atom. The van der Waals surface area contributed by atoms with Gasteiger partial charge in [-0.1, -0.05) is 91.0 Å². The van der Waals surface area contributed by atoms with Crippen LogP contribution in [0.25, 0.3) is 33.0 Å². The fourth-order valence-electron chi connectivity index (χ4n) is 3.90. The van der Waals surface area contributed by atoms with E-state index >= 15 is 0 Å². The Morgan fingerprint density at radius 1 is 0.400 bits per heavy atom. The fraction of sp³-hybridized carbons (Fsp3) is 0.0345. The Bertz CT molecular complexity index is 1270. The summed E-state index contributed by atoms with van der Waals surface area (Å²) in [6.07, 6.45) is 0. The molecule has 5 aromatic carbocycles. The van der Waals surface area contributed by atoms with E-state index in [0.29, 0.717) is 0 Å². The molecular formula is C29H23N. The van der Waals surface area contributed by atoms with Crippen LogP contribution in [0.1, 0.15) is 0 Å². The van der Waals surface area contributed by atoms with Crippen LogP contribution in [0.15, 0.2) is 121 Å². The first-order valence-corrected chi connectivity index (χ1v) is 10.3. The third-order valence-electron chi connectivity index (χ3n) is 5.70. The van der Waals surface area contributed by atoms with Gasteiger partial charge in [0.15, 0.2) is 0 Å². The topological polar surface area (TPSA) is 3.24 Å². The van der Waals surface area contributed by atoms with Crippen LogP contribution < -0.4 is 4.90 Å². The van der Waals surface area contributed by atoms with Crippen molar-refractivity contribution >= 4 is 22.1 Å². The van der Waals surface area contributed by atoms with E-state index in [1.54, 1.807) is 0 Å². The number of rotatable bonds is 4. The average Bonchev–Trinajstić information content (AvgIpc) is 2.84. The zero-order chi connectivity index (χ0) is 20.3. The Labute approximate surface area is 177 Å². The van der Waals surface area contributed by atoms with Gasteiger partial charge in [0, 0.05) is 18.4 Å². The predicted octanol–water partition coefficient (Wildman–Crippen LogP) is 7.94. The van der Waals surface area contributed by atoms with E-state index in [-0.39, 0.29) is 0 Å². The normalized spacial score (nSPS) is 10.8. The molecule has 0 heterocycles. The van der Waals surface area contributed by atoms with Gasteiger partial charge in [-0.25, -0.2) is 0 Å². The summed E-state index contributed by atoms with van der Waals surface area (Å²) in [5, 5.41) is 2.55. The van der Waals surface area contributed by atoms with E-state index in [2.05, 4.69) is 127 Å². The third kappa shape index (κ3) is 3.58. The lowest BCUT2D eigenvalue weighted by atomic mass is 10.0. The molecule has 1 heteroatoms. The molecule has 0 saturated heterocycles. The molecule has 0 aliphatic carbocycles. The van der Waals surface area contributed by atoms with Gasteiger partial charge in [0.05, 0.1) is 0 Å². The summed E-state index contributed by atoms with van der Waals surface area (Å²) in [4.78, 5) is 2.22. The van der Waals surface area contributed by atoms with Crippen molar-refractivity contribution in [2.75, 3.05) is 11.9 Å². The minimum Gasteiger partial charge on any atom is -0.345 e. The van der Waals surface area contributed by atoms with Crippen molar-refractivity contribution in [1.82, 2.24) is 0 Å². The van der Waals surface area contributed by atoms with E-state index in [0.717, 1.165) is 0 Å². The van der Waals surface area contributed by atoms with Gasteiger partial charge >= 0.3 is 0 Å². The predicted molar refractivity (Wildman–Crippen MR) is 129 cm³/mol. The lowest BCUT2D eigenvalue weighted by Crippen LogP contribution is -2.08. The van der Waals surface area contributed by atoms with E-state index in [1.165, 1.54) is 44.4 Å². The van der Waals surface area contributed by atoms with Crippen LogP contribution in [0.5, 0.6) is 0 Å². The minimum absolute atomic E-state index is 1.17. The molecule has 0 radical (unpaired) electrons. The highest BCUT2D eigenvalue weighted by atomic mass is 15.1. The minimum atomic E-state index is 1.17. The van der Waals surface area contributed by atoms with Crippen LogP contribution >= 0.6 is 0 Å². The SMILES string of the molecule is CN(c1ccc(-c2ccccc2)cc1)c1ccc(-c2ccc3ccccc3c2)cc1. The highest BCUT2D eigenvalue weighted by Gasteiger charge is 2.06. The summed E-state index contributed by atoms with van der Waals surface area (Å²) in [6.45, 7) is 0. The third-order valence-corrected chi connectivity index (χ3v) is 5.70. The maximum atomic E-state index is 2.26. The van der Waals surface area contributed by atoms with Crippen molar-refractivity contribution in [3.8, 4) is 22.3 Å². The second-order valence-corrected chi connectivity index (χ2v) is 7.58. The molecule has 30 heavy (non-hydrogen) atoms. The van der Waals surface area contributed by atoms with E-state index in [4.69, 9.17) is 0 Å². The maximum absolute atomic E-state index is 2.26. The van der Waals surface area contributed by atoms with Gasteiger partial charge in [0.2, 0.25) is 0 Å². The smallest absolute Gasteiger partial charge is 0.0408 e. The van der Waals surface area contributed by atoms with Crippen LogP contribution in [-0.4, -0.2) is 7.05 Å². The van der Waals surface area contributed by atoms with Gasteiger partial charge in [-0.3, -0.25) is 0 Å². The van der Waals surface area contributed by atoms with Gasteiger partial charge in [-0.2, -0.15) is 0 Å². The van der Waals surface area contributed by atoms with Gasteiger partial charge < -0.3 is 4.90 Å². The largest absolute Gasteiger partial charge is 0.345 e. The molecule has 0 atom stereocenters. The second kappa shape index (κ2) is 7.88. The molecule has 5 rings (SSSR count). The van der Waals surface area contributed by atoms with Crippen LogP contribution in [0.2, 0.25) is 0 Å². The molecule has 1 nitrogen and oxygen atoms in total. The van der Waals surface area contributed by atoms with Crippen molar-refractivity contribution < 1.29 is 0 Å². The van der Waals surface area contributed by atoms with Gasteiger partial charge in [0.1, 0.15) is 0 Å². The summed E-state index contributed by atoms with van der Waals surface area (Å²) in [6, 6.07) is 43.1. The van der Waals surface area contributed by atoms with Gasteiger partial charge in [0.25, 0.3) is 0 Å². The zero-order valence-electron chi connectivity index (χ0n) is 17.0. The summed E-state index contributed by atoms with van der Waals surface area (Å²) in [7, 11) is 2.11. The molecule has 0 aliphatic rings. The van der Waals surface area contributed by atoms with Gasteiger partial charge in [-0.05, 0) is 63.4 Å². The standard InChI is InChI=1S/C29H23N/c1-30(28-17-13-24(14-18-28)22-7-3-2-4-8-22)29-19-15-25(16-20-29)27-12-11-23-9-5-6-10-26(23)21-27/h2-21H,1H3. The molecule has 0 aliphatic heterocycles. The zero-order valence-corrected chi connectivity index (χ0v) is 17.0. The Hall–Kier alpha value is -3.84. The molecule has 0 fully saturated rings. The van der Waals surface area contributed by atoms with Crippen LogP contribution in [0.3, 0.4) is 0 Å². The highest BCUT2D eigenvalue weighted by molar-refractivity contribution is 5.87.